The summed E-state index contributed by atoms with van der Waals surface area (Å²) in [4.78, 5) is 12.2. The van der Waals surface area contributed by atoms with Gasteiger partial charge < -0.3 is 10.6 Å². The van der Waals surface area contributed by atoms with Crippen molar-refractivity contribution in [1.29, 1.82) is 0 Å². The molecular weight excluding hydrogens is 260 g/mol. The SMILES string of the molecule is CCNc1ccc(C(=O)NCCC2CCCCC2)c(C)c1. The maximum atomic E-state index is 12.2. The molecule has 21 heavy (non-hydrogen) atoms. The van der Waals surface area contributed by atoms with E-state index in [1.54, 1.807) is 0 Å². The molecule has 0 spiro atoms. The first kappa shape index (κ1) is 15.9. The summed E-state index contributed by atoms with van der Waals surface area (Å²) < 4.78 is 0. The van der Waals surface area contributed by atoms with Gasteiger partial charge in [0.25, 0.3) is 5.91 Å². The highest BCUT2D eigenvalue weighted by atomic mass is 16.1. The number of rotatable bonds is 6. The Balaban J connectivity index is 1.82. The minimum atomic E-state index is 0.0614. The fourth-order valence-corrected chi connectivity index (χ4v) is 3.19. The van der Waals surface area contributed by atoms with Crippen LogP contribution in [0.25, 0.3) is 0 Å². The molecule has 116 valence electrons. The zero-order chi connectivity index (χ0) is 15.1. The van der Waals surface area contributed by atoms with Crippen LogP contribution in [-0.2, 0) is 0 Å². The molecule has 3 nitrogen and oxygen atoms in total. The van der Waals surface area contributed by atoms with Crippen molar-refractivity contribution in [2.24, 2.45) is 5.92 Å². The molecule has 1 saturated carbocycles. The van der Waals surface area contributed by atoms with E-state index in [2.05, 4.69) is 17.6 Å². The van der Waals surface area contributed by atoms with E-state index < -0.39 is 0 Å². The maximum Gasteiger partial charge on any atom is 0.251 e. The fourth-order valence-electron chi connectivity index (χ4n) is 3.19. The van der Waals surface area contributed by atoms with Gasteiger partial charge in [0.2, 0.25) is 0 Å². The highest BCUT2D eigenvalue weighted by Gasteiger charge is 2.14. The molecule has 3 heteroatoms. The van der Waals surface area contributed by atoms with Crippen LogP contribution in [0.15, 0.2) is 18.2 Å². The van der Waals surface area contributed by atoms with E-state index in [1.165, 1.54) is 32.1 Å². The van der Waals surface area contributed by atoms with Crippen molar-refractivity contribution in [3.8, 4) is 0 Å². The highest BCUT2D eigenvalue weighted by Crippen LogP contribution is 2.25. The van der Waals surface area contributed by atoms with Gasteiger partial charge in [-0.15, -0.1) is 0 Å². The van der Waals surface area contributed by atoms with Crippen LogP contribution in [-0.4, -0.2) is 19.0 Å². The second-order valence-corrected chi connectivity index (χ2v) is 6.11. The lowest BCUT2D eigenvalue weighted by atomic mass is 9.87. The number of carbonyl (C=O) groups excluding carboxylic acids is 1. The number of hydrogen-bond donors (Lipinski definition) is 2. The van der Waals surface area contributed by atoms with Crippen molar-refractivity contribution in [2.75, 3.05) is 18.4 Å². The molecule has 0 aliphatic heterocycles. The summed E-state index contributed by atoms with van der Waals surface area (Å²) in [6.45, 7) is 5.77. The number of carbonyl (C=O) groups is 1. The average molecular weight is 288 g/mol. The Morgan fingerprint density at radius 1 is 1.24 bits per heavy atom. The molecule has 1 aliphatic rings. The molecule has 0 atom stereocenters. The van der Waals surface area contributed by atoms with Crippen molar-refractivity contribution in [3.63, 3.8) is 0 Å². The smallest absolute Gasteiger partial charge is 0.251 e. The van der Waals surface area contributed by atoms with Crippen LogP contribution in [0.3, 0.4) is 0 Å². The summed E-state index contributed by atoms with van der Waals surface area (Å²) in [5, 5.41) is 6.35. The van der Waals surface area contributed by atoms with Crippen LogP contribution in [0, 0.1) is 12.8 Å². The summed E-state index contributed by atoms with van der Waals surface area (Å²) >= 11 is 0. The van der Waals surface area contributed by atoms with Gasteiger partial charge in [0.05, 0.1) is 0 Å². The van der Waals surface area contributed by atoms with Gasteiger partial charge in [-0.25, -0.2) is 0 Å². The maximum absolute atomic E-state index is 12.2. The first-order chi connectivity index (χ1) is 10.2. The quantitative estimate of drug-likeness (QED) is 0.826. The van der Waals surface area contributed by atoms with Gasteiger partial charge in [-0.2, -0.15) is 0 Å². The molecule has 1 aromatic rings. The van der Waals surface area contributed by atoms with Crippen LogP contribution in [0.2, 0.25) is 0 Å². The van der Waals surface area contributed by atoms with Gasteiger partial charge >= 0.3 is 0 Å². The largest absolute Gasteiger partial charge is 0.385 e. The Morgan fingerprint density at radius 2 is 2.00 bits per heavy atom. The number of nitrogens with one attached hydrogen (secondary N) is 2. The summed E-state index contributed by atoms with van der Waals surface area (Å²) in [6, 6.07) is 5.94. The Hall–Kier alpha value is -1.51. The summed E-state index contributed by atoms with van der Waals surface area (Å²) in [6.07, 6.45) is 7.92. The number of anilines is 1. The Morgan fingerprint density at radius 3 is 2.67 bits per heavy atom. The molecule has 1 aromatic carbocycles. The van der Waals surface area contributed by atoms with Gasteiger partial charge in [-0.1, -0.05) is 32.1 Å². The van der Waals surface area contributed by atoms with Crippen LogP contribution in [0.5, 0.6) is 0 Å². The molecule has 0 bridgehead atoms. The number of aryl methyl sites for hydroxylation is 1. The van der Waals surface area contributed by atoms with Gasteiger partial charge in [0.1, 0.15) is 0 Å². The van der Waals surface area contributed by atoms with Crippen LogP contribution in [0.1, 0.15) is 61.4 Å². The van der Waals surface area contributed by atoms with E-state index in [4.69, 9.17) is 0 Å². The van der Waals surface area contributed by atoms with Gasteiger partial charge in [0, 0.05) is 24.3 Å². The van der Waals surface area contributed by atoms with Crippen molar-refractivity contribution in [2.45, 2.75) is 52.4 Å². The van der Waals surface area contributed by atoms with Crippen molar-refractivity contribution in [3.05, 3.63) is 29.3 Å². The summed E-state index contributed by atoms with van der Waals surface area (Å²) in [5.41, 5.74) is 2.90. The molecule has 1 fully saturated rings. The monoisotopic (exact) mass is 288 g/mol. The normalized spacial score (nSPS) is 15.7. The van der Waals surface area contributed by atoms with Crippen molar-refractivity contribution in [1.82, 2.24) is 5.32 Å². The first-order valence-electron chi connectivity index (χ1n) is 8.33. The minimum Gasteiger partial charge on any atom is -0.385 e. The highest BCUT2D eigenvalue weighted by molar-refractivity contribution is 5.96. The standard InChI is InChI=1S/C18H28N2O/c1-3-19-16-9-10-17(14(2)13-16)18(21)20-12-11-15-7-5-4-6-8-15/h9-10,13,15,19H,3-8,11-12H2,1-2H3,(H,20,21). The first-order valence-corrected chi connectivity index (χ1v) is 8.33. The zero-order valence-corrected chi connectivity index (χ0v) is 13.4. The number of hydrogen-bond acceptors (Lipinski definition) is 2. The molecule has 1 amide bonds. The van der Waals surface area contributed by atoms with Crippen LogP contribution >= 0.6 is 0 Å². The Labute approximate surface area is 128 Å². The van der Waals surface area contributed by atoms with E-state index in [0.717, 1.165) is 42.2 Å². The zero-order valence-electron chi connectivity index (χ0n) is 13.4. The lowest BCUT2D eigenvalue weighted by Crippen LogP contribution is -2.27. The molecule has 0 saturated heterocycles. The van der Waals surface area contributed by atoms with Crippen molar-refractivity contribution < 1.29 is 4.79 Å². The van der Waals surface area contributed by atoms with E-state index in [-0.39, 0.29) is 5.91 Å². The molecule has 1 aliphatic carbocycles. The number of benzene rings is 1. The van der Waals surface area contributed by atoms with E-state index in [0.29, 0.717) is 0 Å². The topological polar surface area (TPSA) is 41.1 Å². The molecule has 0 heterocycles. The minimum absolute atomic E-state index is 0.0614. The van der Waals surface area contributed by atoms with Gasteiger partial charge in [-0.05, 0) is 49.9 Å². The van der Waals surface area contributed by atoms with E-state index >= 15 is 0 Å². The third-order valence-electron chi connectivity index (χ3n) is 4.41. The molecule has 0 aromatic heterocycles. The third-order valence-corrected chi connectivity index (χ3v) is 4.41. The predicted octanol–water partition coefficient (Wildman–Crippen LogP) is 4.13. The van der Waals surface area contributed by atoms with E-state index in [9.17, 15) is 4.79 Å². The Kier molecular flexibility index (Phi) is 6.09. The lowest BCUT2D eigenvalue weighted by molar-refractivity contribution is 0.0950. The van der Waals surface area contributed by atoms with E-state index in [1.807, 2.05) is 25.1 Å². The Bertz CT molecular complexity index is 464. The van der Waals surface area contributed by atoms with Gasteiger partial charge in [-0.3, -0.25) is 4.79 Å². The average Bonchev–Trinajstić information content (AvgIpc) is 2.48. The number of amides is 1. The second kappa shape index (κ2) is 8.06. The van der Waals surface area contributed by atoms with Crippen molar-refractivity contribution >= 4 is 11.6 Å². The van der Waals surface area contributed by atoms with Crippen LogP contribution < -0.4 is 10.6 Å². The molecule has 0 radical (unpaired) electrons. The molecule has 2 rings (SSSR count). The summed E-state index contributed by atoms with van der Waals surface area (Å²) in [7, 11) is 0. The second-order valence-electron chi connectivity index (χ2n) is 6.11. The van der Waals surface area contributed by atoms with Crippen LogP contribution in [0.4, 0.5) is 5.69 Å². The molecule has 0 unspecified atom stereocenters. The summed E-state index contributed by atoms with van der Waals surface area (Å²) in [5.74, 6) is 0.877. The fraction of sp³-hybridized carbons (Fsp3) is 0.611. The van der Waals surface area contributed by atoms with Gasteiger partial charge in [0.15, 0.2) is 0 Å². The lowest BCUT2D eigenvalue weighted by Gasteiger charge is -2.21. The molecular formula is C18H28N2O. The predicted molar refractivity (Wildman–Crippen MR) is 88.9 cm³/mol. The molecule has 2 N–H and O–H groups in total. The third kappa shape index (κ3) is 4.76.